The van der Waals surface area contributed by atoms with Crippen LogP contribution in [0.1, 0.15) is 12.5 Å². The van der Waals surface area contributed by atoms with Gasteiger partial charge in [-0.15, -0.1) is 0 Å². The lowest BCUT2D eigenvalue weighted by molar-refractivity contribution is -0.138. The molecule has 0 aromatic carbocycles. The highest BCUT2D eigenvalue weighted by molar-refractivity contribution is 5.51. The second kappa shape index (κ2) is 8.13. The molecule has 1 aliphatic heterocycles. The fraction of sp³-hybridized carbons (Fsp3) is 0.471. The average Bonchev–Trinajstić information content (AvgIpc) is 2.67. The molecule has 11 heteroatoms. The van der Waals surface area contributed by atoms with Crippen LogP contribution in [0.5, 0.6) is 5.88 Å². The Hall–Kier alpha value is -2.69. The molecule has 1 aliphatic rings. The first kappa shape index (κ1) is 20.1. The van der Waals surface area contributed by atoms with Crippen LogP contribution in [0.3, 0.4) is 0 Å². The minimum absolute atomic E-state index is 0.108. The van der Waals surface area contributed by atoms with Crippen LogP contribution < -0.4 is 20.3 Å². The summed E-state index contributed by atoms with van der Waals surface area (Å²) in [5, 5.41) is 0. The molecular weight excluding hydrogens is 380 g/mol. The van der Waals surface area contributed by atoms with Crippen LogP contribution in [0.4, 0.5) is 29.2 Å². The van der Waals surface area contributed by atoms with Crippen molar-refractivity contribution in [3.8, 4) is 5.88 Å². The number of pyridine rings is 1. The van der Waals surface area contributed by atoms with Crippen LogP contribution in [0.25, 0.3) is 0 Å². The summed E-state index contributed by atoms with van der Waals surface area (Å²) in [5.41, 5.74) is 5.06. The van der Waals surface area contributed by atoms with Gasteiger partial charge in [-0.1, -0.05) is 0 Å². The Balaban J connectivity index is 1.65. The molecule has 0 aliphatic carbocycles. The number of rotatable bonds is 5. The molecule has 0 unspecified atom stereocenters. The molecule has 0 spiro atoms. The third kappa shape index (κ3) is 4.58. The fourth-order valence-electron chi connectivity index (χ4n) is 2.75. The monoisotopic (exact) mass is 400 g/mol. The number of nitrogens with zero attached hydrogens (tertiary/aromatic N) is 5. The summed E-state index contributed by atoms with van der Waals surface area (Å²) in [5.74, 6) is -0.463. The lowest BCUT2D eigenvalue weighted by Gasteiger charge is -2.36. The minimum Gasteiger partial charge on any atom is -0.474 e. The van der Waals surface area contributed by atoms with Gasteiger partial charge in [-0.05, 0) is 13.0 Å². The molecule has 0 radical (unpaired) electrons. The molecule has 3 heterocycles. The summed E-state index contributed by atoms with van der Waals surface area (Å²) in [7, 11) is 0. The lowest BCUT2D eigenvalue weighted by Crippen LogP contribution is -2.47. The third-order valence-corrected chi connectivity index (χ3v) is 4.19. The standard InChI is InChI=1S/C17H20F4N6O/c1-11(22)10-28-15-14(18)13(2-3-23-15)26-4-6-27(7-5-26)16-24-8-12(9-25-16)17(19,20)21/h2-3,8-9,11H,4-7,10,22H2,1H3/t11-/m0/s1. The Kier molecular flexibility index (Phi) is 5.82. The van der Waals surface area contributed by atoms with Crippen molar-refractivity contribution < 1.29 is 22.3 Å². The smallest absolute Gasteiger partial charge is 0.419 e. The third-order valence-electron chi connectivity index (χ3n) is 4.19. The molecule has 3 rings (SSSR count). The van der Waals surface area contributed by atoms with E-state index in [2.05, 4.69) is 15.0 Å². The van der Waals surface area contributed by atoms with E-state index in [0.29, 0.717) is 31.9 Å². The average molecular weight is 400 g/mol. The zero-order chi connectivity index (χ0) is 20.3. The molecule has 0 bridgehead atoms. The van der Waals surface area contributed by atoms with Crippen LogP contribution in [-0.2, 0) is 6.18 Å². The zero-order valence-corrected chi connectivity index (χ0v) is 15.2. The number of anilines is 2. The van der Waals surface area contributed by atoms with Gasteiger partial charge in [0.2, 0.25) is 11.8 Å². The Morgan fingerprint density at radius 2 is 1.71 bits per heavy atom. The van der Waals surface area contributed by atoms with Gasteiger partial charge in [-0.3, -0.25) is 0 Å². The number of alkyl halides is 3. The normalized spacial score (nSPS) is 16.2. The van der Waals surface area contributed by atoms with Gasteiger partial charge in [0.05, 0.1) is 11.3 Å². The second-order valence-electron chi connectivity index (χ2n) is 6.48. The van der Waals surface area contributed by atoms with Crippen molar-refractivity contribution in [1.82, 2.24) is 15.0 Å². The number of ether oxygens (including phenoxy) is 1. The van der Waals surface area contributed by atoms with E-state index in [1.54, 1.807) is 17.9 Å². The Morgan fingerprint density at radius 1 is 1.11 bits per heavy atom. The second-order valence-corrected chi connectivity index (χ2v) is 6.48. The lowest BCUT2D eigenvalue weighted by atomic mass is 10.2. The summed E-state index contributed by atoms with van der Waals surface area (Å²) in [6.45, 7) is 3.64. The van der Waals surface area contributed by atoms with E-state index in [4.69, 9.17) is 10.5 Å². The van der Waals surface area contributed by atoms with Crippen molar-refractivity contribution in [1.29, 1.82) is 0 Å². The predicted octanol–water partition coefficient (Wildman–Crippen LogP) is 2.08. The van der Waals surface area contributed by atoms with Crippen LogP contribution in [0.15, 0.2) is 24.7 Å². The van der Waals surface area contributed by atoms with Gasteiger partial charge in [0.15, 0.2) is 0 Å². The largest absolute Gasteiger partial charge is 0.474 e. The number of halogens is 4. The highest BCUT2D eigenvalue weighted by Crippen LogP contribution is 2.29. The Morgan fingerprint density at radius 3 is 2.29 bits per heavy atom. The van der Waals surface area contributed by atoms with Crippen LogP contribution in [-0.4, -0.2) is 53.8 Å². The molecule has 1 saturated heterocycles. The molecular formula is C17H20F4N6O. The topological polar surface area (TPSA) is 80.4 Å². The van der Waals surface area contributed by atoms with Crippen LogP contribution in [0.2, 0.25) is 0 Å². The number of nitrogens with two attached hydrogens (primary N) is 1. The van der Waals surface area contributed by atoms with Crippen LogP contribution >= 0.6 is 0 Å². The first-order valence-electron chi connectivity index (χ1n) is 8.67. The first-order valence-corrected chi connectivity index (χ1v) is 8.67. The molecule has 152 valence electrons. The van der Waals surface area contributed by atoms with E-state index >= 15 is 0 Å². The number of hydrogen-bond acceptors (Lipinski definition) is 7. The van der Waals surface area contributed by atoms with Gasteiger partial charge in [-0.25, -0.2) is 15.0 Å². The number of piperazine rings is 1. The fourth-order valence-corrected chi connectivity index (χ4v) is 2.75. The molecule has 7 nitrogen and oxygen atoms in total. The van der Waals surface area contributed by atoms with E-state index in [-0.39, 0.29) is 24.5 Å². The highest BCUT2D eigenvalue weighted by atomic mass is 19.4. The SMILES string of the molecule is C[C@H](N)COc1nccc(N2CCN(c3ncc(C(F)(F)F)cn3)CC2)c1F. The Bertz CT molecular complexity index is 791. The van der Waals surface area contributed by atoms with Gasteiger partial charge in [0.25, 0.3) is 5.88 Å². The number of aromatic nitrogens is 3. The highest BCUT2D eigenvalue weighted by Gasteiger charge is 2.32. The minimum atomic E-state index is -4.47. The maximum absolute atomic E-state index is 14.7. The number of hydrogen-bond donors (Lipinski definition) is 1. The van der Waals surface area contributed by atoms with Gasteiger partial charge >= 0.3 is 6.18 Å². The summed E-state index contributed by atoms with van der Waals surface area (Å²) in [4.78, 5) is 15.1. The van der Waals surface area contributed by atoms with Crippen molar-refractivity contribution in [3.05, 3.63) is 36.0 Å². The molecule has 0 saturated carbocycles. The molecule has 2 aromatic heterocycles. The molecule has 1 atom stereocenters. The molecule has 28 heavy (non-hydrogen) atoms. The Labute approximate surface area is 159 Å². The van der Waals surface area contributed by atoms with E-state index in [0.717, 1.165) is 12.4 Å². The van der Waals surface area contributed by atoms with Crippen molar-refractivity contribution in [2.24, 2.45) is 5.73 Å². The van der Waals surface area contributed by atoms with E-state index < -0.39 is 17.6 Å². The van der Waals surface area contributed by atoms with Gasteiger partial charge in [0.1, 0.15) is 6.61 Å². The van der Waals surface area contributed by atoms with E-state index in [1.165, 1.54) is 6.20 Å². The molecule has 2 N–H and O–H groups in total. The summed E-state index contributed by atoms with van der Waals surface area (Å²) in [6, 6.07) is 1.30. The molecule has 0 amide bonds. The molecule has 2 aromatic rings. The van der Waals surface area contributed by atoms with Crippen molar-refractivity contribution in [3.63, 3.8) is 0 Å². The first-order chi connectivity index (χ1) is 13.3. The van der Waals surface area contributed by atoms with Gasteiger partial charge in [0, 0.05) is 50.8 Å². The quantitative estimate of drug-likeness (QED) is 0.770. The zero-order valence-electron chi connectivity index (χ0n) is 15.2. The van der Waals surface area contributed by atoms with Crippen molar-refractivity contribution >= 4 is 11.6 Å². The van der Waals surface area contributed by atoms with Gasteiger partial charge in [-0.2, -0.15) is 17.6 Å². The van der Waals surface area contributed by atoms with Crippen molar-refractivity contribution in [2.75, 3.05) is 42.6 Å². The van der Waals surface area contributed by atoms with Gasteiger partial charge < -0.3 is 20.3 Å². The van der Waals surface area contributed by atoms with Crippen LogP contribution in [0, 0.1) is 5.82 Å². The van der Waals surface area contributed by atoms with Crippen molar-refractivity contribution in [2.45, 2.75) is 19.1 Å². The maximum Gasteiger partial charge on any atom is 0.419 e. The predicted molar refractivity (Wildman–Crippen MR) is 94.8 cm³/mol. The summed E-state index contributed by atoms with van der Waals surface area (Å²) < 4.78 is 57.8. The molecule has 1 fully saturated rings. The maximum atomic E-state index is 14.7. The summed E-state index contributed by atoms with van der Waals surface area (Å²) in [6.07, 6.45) is -1.49. The summed E-state index contributed by atoms with van der Waals surface area (Å²) >= 11 is 0. The van der Waals surface area contributed by atoms with E-state index in [9.17, 15) is 17.6 Å². The van der Waals surface area contributed by atoms with E-state index in [1.807, 2.05) is 4.90 Å².